The highest BCUT2D eigenvalue weighted by Crippen LogP contribution is 2.31. The molecule has 2 heterocycles. The number of hydrogen-bond donors (Lipinski definition) is 1. The van der Waals surface area contributed by atoms with E-state index < -0.39 is 0 Å². The standard InChI is InChI=1S/C17H20ClN5/c1-12-10-16(19-8-9-22(2)3)23-17(21-12)14(11-20-23)13-6-4-5-7-15(13)18/h4-7,10-11,19H,8-9H2,1-3H3. The first-order chi connectivity index (χ1) is 11.1. The van der Waals surface area contributed by atoms with Crippen LogP contribution in [-0.2, 0) is 0 Å². The second-order valence-electron chi connectivity index (χ2n) is 5.79. The van der Waals surface area contributed by atoms with E-state index in [9.17, 15) is 0 Å². The molecule has 6 heteroatoms. The van der Waals surface area contributed by atoms with E-state index in [1.807, 2.05) is 48.0 Å². The molecule has 1 N–H and O–H groups in total. The lowest BCUT2D eigenvalue weighted by atomic mass is 10.1. The van der Waals surface area contributed by atoms with Crippen molar-refractivity contribution in [1.29, 1.82) is 0 Å². The van der Waals surface area contributed by atoms with Gasteiger partial charge in [0.25, 0.3) is 0 Å². The molecule has 0 spiro atoms. The number of anilines is 1. The minimum Gasteiger partial charge on any atom is -0.369 e. The Balaban J connectivity index is 2.03. The molecule has 0 saturated carbocycles. The summed E-state index contributed by atoms with van der Waals surface area (Å²) in [6.45, 7) is 3.77. The average molecular weight is 330 g/mol. The minimum absolute atomic E-state index is 0.702. The number of likely N-dealkylation sites (N-methyl/N-ethyl adjacent to an activating group) is 1. The van der Waals surface area contributed by atoms with E-state index in [0.717, 1.165) is 41.4 Å². The molecule has 0 radical (unpaired) electrons. The van der Waals surface area contributed by atoms with Gasteiger partial charge in [-0.3, -0.25) is 0 Å². The van der Waals surface area contributed by atoms with Crippen molar-refractivity contribution in [1.82, 2.24) is 19.5 Å². The number of benzene rings is 1. The number of halogens is 1. The summed E-state index contributed by atoms with van der Waals surface area (Å²) in [4.78, 5) is 6.78. The van der Waals surface area contributed by atoms with Crippen molar-refractivity contribution < 1.29 is 0 Å². The number of nitrogens with zero attached hydrogens (tertiary/aromatic N) is 4. The molecule has 0 atom stereocenters. The molecule has 0 aliphatic rings. The molecule has 0 saturated heterocycles. The van der Waals surface area contributed by atoms with Gasteiger partial charge in [0.05, 0.1) is 6.20 Å². The second kappa shape index (κ2) is 6.56. The van der Waals surface area contributed by atoms with E-state index in [0.29, 0.717) is 5.02 Å². The summed E-state index contributed by atoms with van der Waals surface area (Å²) < 4.78 is 1.83. The fourth-order valence-corrected chi connectivity index (χ4v) is 2.72. The molecule has 0 unspecified atom stereocenters. The van der Waals surface area contributed by atoms with Gasteiger partial charge in [-0.2, -0.15) is 9.61 Å². The Kier molecular flexibility index (Phi) is 4.50. The van der Waals surface area contributed by atoms with Crippen LogP contribution in [0, 0.1) is 6.92 Å². The molecule has 0 bridgehead atoms. The van der Waals surface area contributed by atoms with Gasteiger partial charge in [0.2, 0.25) is 0 Å². The Labute approximate surface area is 140 Å². The van der Waals surface area contributed by atoms with Crippen molar-refractivity contribution in [3.05, 3.63) is 47.2 Å². The van der Waals surface area contributed by atoms with Crippen LogP contribution in [0.5, 0.6) is 0 Å². The normalized spacial score (nSPS) is 11.3. The molecule has 3 rings (SSSR count). The zero-order valence-corrected chi connectivity index (χ0v) is 14.3. The quantitative estimate of drug-likeness (QED) is 0.780. The van der Waals surface area contributed by atoms with Gasteiger partial charge in [-0.1, -0.05) is 29.8 Å². The number of aryl methyl sites for hydroxylation is 1. The van der Waals surface area contributed by atoms with Crippen LogP contribution in [0.15, 0.2) is 36.5 Å². The number of rotatable bonds is 5. The molecule has 120 valence electrons. The Morgan fingerprint density at radius 2 is 2.00 bits per heavy atom. The molecular formula is C17H20ClN5. The maximum Gasteiger partial charge on any atom is 0.165 e. The summed E-state index contributed by atoms with van der Waals surface area (Å²) in [7, 11) is 4.11. The third-order valence-corrected chi connectivity index (χ3v) is 3.96. The van der Waals surface area contributed by atoms with Crippen molar-refractivity contribution in [3.63, 3.8) is 0 Å². The topological polar surface area (TPSA) is 45.5 Å². The van der Waals surface area contributed by atoms with E-state index in [1.165, 1.54) is 0 Å². The lowest BCUT2D eigenvalue weighted by Gasteiger charge is -2.13. The Hall–Kier alpha value is -2.11. The van der Waals surface area contributed by atoms with E-state index in [-0.39, 0.29) is 0 Å². The van der Waals surface area contributed by atoms with Gasteiger partial charge in [-0.15, -0.1) is 0 Å². The van der Waals surface area contributed by atoms with Crippen molar-refractivity contribution in [2.45, 2.75) is 6.92 Å². The average Bonchev–Trinajstić information content (AvgIpc) is 2.91. The summed E-state index contributed by atoms with van der Waals surface area (Å²) in [6.07, 6.45) is 1.82. The third-order valence-electron chi connectivity index (χ3n) is 3.63. The second-order valence-corrected chi connectivity index (χ2v) is 6.19. The van der Waals surface area contributed by atoms with Crippen molar-refractivity contribution in [2.24, 2.45) is 0 Å². The monoisotopic (exact) mass is 329 g/mol. The highest BCUT2D eigenvalue weighted by molar-refractivity contribution is 6.33. The highest BCUT2D eigenvalue weighted by atomic mass is 35.5. The number of nitrogens with one attached hydrogen (secondary N) is 1. The van der Waals surface area contributed by atoms with Crippen LogP contribution in [0.1, 0.15) is 5.69 Å². The van der Waals surface area contributed by atoms with Gasteiger partial charge >= 0.3 is 0 Å². The predicted octanol–water partition coefficient (Wildman–Crippen LogP) is 3.33. The van der Waals surface area contributed by atoms with Gasteiger partial charge in [-0.05, 0) is 27.1 Å². The lowest BCUT2D eigenvalue weighted by Crippen LogP contribution is -2.21. The van der Waals surface area contributed by atoms with E-state index in [2.05, 4.69) is 34.4 Å². The fourth-order valence-electron chi connectivity index (χ4n) is 2.49. The number of hydrogen-bond acceptors (Lipinski definition) is 4. The van der Waals surface area contributed by atoms with Crippen LogP contribution in [-0.4, -0.2) is 46.7 Å². The maximum atomic E-state index is 6.33. The van der Waals surface area contributed by atoms with Crippen LogP contribution in [0.3, 0.4) is 0 Å². The van der Waals surface area contributed by atoms with Crippen LogP contribution in [0.2, 0.25) is 5.02 Å². The molecule has 0 amide bonds. The molecule has 0 aliphatic carbocycles. The largest absolute Gasteiger partial charge is 0.369 e. The zero-order chi connectivity index (χ0) is 16.4. The predicted molar refractivity (Wildman–Crippen MR) is 95.2 cm³/mol. The van der Waals surface area contributed by atoms with Crippen LogP contribution < -0.4 is 5.32 Å². The van der Waals surface area contributed by atoms with E-state index >= 15 is 0 Å². The van der Waals surface area contributed by atoms with Crippen molar-refractivity contribution in [2.75, 3.05) is 32.5 Å². The first-order valence-corrected chi connectivity index (χ1v) is 7.93. The molecule has 3 aromatic rings. The van der Waals surface area contributed by atoms with Gasteiger partial charge in [0, 0.05) is 41.0 Å². The highest BCUT2D eigenvalue weighted by Gasteiger charge is 2.13. The molecular weight excluding hydrogens is 310 g/mol. The van der Waals surface area contributed by atoms with Gasteiger partial charge in [0.15, 0.2) is 5.65 Å². The van der Waals surface area contributed by atoms with Crippen LogP contribution in [0.4, 0.5) is 5.82 Å². The van der Waals surface area contributed by atoms with Crippen molar-refractivity contribution in [3.8, 4) is 11.1 Å². The van der Waals surface area contributed by atoms with Gasteiger partial charge in [0.1, 0.15) is 5.82 Å². The Morgan fingerprint density at radius 3 is 2.74 bits per heavy atom. The molecule has 2 aromatic heterocycles. The lowest BCUT2D eigenvalue weighted by molar-refractivity contribution is 0.425. The molecule has 23 heavy (non-hydrogen) atoms. The summed E-state index contributed by atoms with van der Waals surface area (Å²) in [5, 5.41) is 8.62. The fraction of sp³-hybridized carbons (Fsp3) is 0.294. The first kappa shape index (κ1) is 15.8. The summed E-state index contributed by atoms with van der Waals surface area (Å²) in [5.41, 5.74) is 3.64. The smallest absolute Gasteiger partial charge is 0.165 e. The first-order valence-electron chi connectivity index (χ1n) is 7.55. The summed E-state index contributed by atoms with van der Waals surface area (Å²) >= 11 is 6.33. The zero-order valence-electron chi connectivity index (χ0n) is 13.5. The minimum atomic E-state index is 0.702. The van der Waals surface area contributed by atoms with Crippen molar-refractivity contribution >= 4 is 23.1 Å². The van der Waals surface area contributed by atoms with Crippen LogP contribution in [0.25, 0.3) is 16.8 Å². The van der Waals surface area contributed by atoms with Gasteiger partial charge in [-0.25, -0.2) is 4.98 Å². The number of fused-ring (bicyclic) bond motifs is 1. The molecule has 0 fully saturated rings. The molecule has 1 aromatic carbocycles. The Bertz CT molecular complexity index is 825. The molecule has 0 aliphatic heterocycles. The SMILES string of the molecule is Cc1cc(NCCN(C)C)n2ncc(-c3ccccc3Cl)c2n1. The summed E-state index contributed by atoms with van der Waals surface area (Å²) in [5.74, 6) is 0.938. The third kappa shape index (κ3) is 3.30. The maximum absolute atomic E-state index is 6.33. The van der Waals surface area contributed by atoms with E-state index in [1.54, 1.807) is 0 Å². The Morgan fingerprint density at radius 1 is 1.22 bits per heavy atom. The summed E-state index contributed by atoms with van der Waals surface area (Å²) in [6, 6.07) is 9.77. The number of aromatic nitrogens is 3. The van der Waals surface area contributed by atoms with Crippen LogP contribution >= 0.6 is 11.6 Å². The van der Waals surface area contributed by atoms with Gasteiger partial charge < -0.3 is 10.2 Å². The van der Waals surface area contributed by atoms with E-state index in [4.69, 9.17) is 11.6 Å². The molecule has 5 nitrogen and oxygen atoms in total.